The van der Waals surface area contributed by atoms with Crippen LogP contribution in [0.15, 0.2) is 48.5 Å². The van der Waals surface area contributed by atoms with E-state index in [1.807, 2.05) is 54.0 Å². The minimum Gasteiger partial charge on any atom is -0.465 e. The number of nitriles is 1. The molecular weight excluding hydrogens is 360 g/mol. The molecule has 27 heavy (non-hydrogen) atoms. The summed E-state index contributed by atoms with van der Waals surface area (Å²) in [5.74, 6) is -0.285. The number of aromatic nitrogens is 1. The van der Waals surface area contributed by atoms with Crippen molar-refractivity contribution in [2.24, 2.45) is 0 Å². The Hall–Kier alpha value is -3.03. The summed E-state index contributed by atoms with van der Waals surface area (Å²) in [4.78, 5) is 12.0. The Labute approximate surface area is 163 Å². The molecule has 136 valence electrons. The Morgan fingerprint density at radius 2 is 2.04 bits per heavy atom. The molecule has 3 aromatic rings. The molecule has 0 amide bonds. The summed E-state index contributed by atoms with van der Waals surface area (Å²) < 4.78 is 7.02. The molecule has 1 heterocycles. The normalized spacial score (nSPS) is 11.4. The zero-order valence-corrected chi connectivity index (χ0v) is 16.0. The maximum Gasteiger partial charge on any atom is 0.325 e. The van der Waals surface area contributed by atoms with Gasteiger partial charge in [-0.2, -0.15) is 5.26 Å². The van der Waals surface area contributed by atoms with Crippen LogP contribution in [0.3, 0.4) is 0 Å². The van der Waals surface area contributed by atoms with Gasteiger partial charge in [-0.05, 0) is 43.7 Å². The van der Waals surface area contributed by atoms with Crippen LogP contribution in [0, 0.1) is 18.3 Å². The van der Waals surface area contributed by atoms with E-state index in [1.165, 1.54) is 0 Å². The second kappa shape index (κ2) is 8.11. The van der Waals surface area contributed by atoms with E-state index < -0.39 is 0 Å². The third-order valence-corrected chi connectivity index (χ3v) is 4.65. The minimum atomic E-state index is -0.285. The molecule has 0 saturated carbocycles. The van der Waals surface area contributed by atoms with Crippen LogP contribution in [0.5, 0.6) is 0 Å². The number of hydrogen-bond donors (Lipinski definition) is 0. The van der Waals surface area contributed by atoms with Crippen LogP contribution in [0.1, 0.15) is 23.7 Å². The van der Waals surface area contributed by atoms with Crippen LogP contribution < -0.4 is 0 Å². The van der Waals surface area contributed by atoms with Gasteiger partial charge in [-0.1, -0.05) is 41.9 Å². The molecule has 0 bridgehead atoms. The quantitative estimate of drug-likeness (QED) is 0.451. The zero-order valence-electron chi connectivity index (χ0n) is 15.2. The smallest absolute Gasteiger partial charge is 0.325 e. The number of para-hydroxylation sites is 1. The van der Waals surface area contributed by atoms with Gasteiger partial charge in [-0.25, -0.2) is 0 Å². The molecule has 1 aromatic heterocycles. The monoisotopic (exact) mass is 378 g/mol. The maximum atomic E-state index is 12.0. The van der Waals surface area contributed by atoms with Gasteiger partial charge in [0.05, 0.1) is 18.2 Å². The Kier molecular flexibility index (Phi) is 5.63. The first-order chi connectivity index (χ1) is 13.0. The van der Waals surface area contributed by atoms with Gasteiger partial charge < -0.3 is 9.30 Å². The van der Waals surface area contributed by atoms with E-state index in [9.17, 15) is 10.1 Å². The van der Waals surface area contributed by atoms with Gasteiger partial charge in [0.15, 0.2) is 0 Å². The number of rotatable bonds is 5. The van der Waals surface area contributed by atoms with Crippen LogP contribution in [0.4, 0.5) is 0 Å². The number of halogens is 1. The van der Waals surface area contributed by atoms with E-state index in [-0.39, 0.29) is 12.5 Å². The zero-order chi connectivity index (χ0) is 19.4. The molecule has 0 aliphatic heterocycles. The predicted octanol–water partition coefficient (Wildman–Crippen LogP) is 5.23. The molecule has 0 aliphatic rings. The van der Waals surface area contributed by atoms with Crippen LogP contribution in [-0.4, -0.2) is 17.1 Å². The van der Waals surface area contributed by atoms with Crippen molar-refractivity contribution in [3.63, 3.8) is 0 Å². The average molecular weight is 379 g/mol. The minimum absolute atomic E-state index is 0.132. The first-order valence-corrected chi connectivity index (χ1v) is 9.04. The number of carbonyl (C=O) groups excluding carboxylic acids is 1. The molecule has 0 aliphatic carbocycles. The van der Waals surface area contributed by atoms with Crippen LogP contribution in [-0.2, 0) is 16.1 Å². The van der Waals surface area contributed by atoms with Crippen LogP contribution >= 0.6 is 11.6 Å². The molecule has 5 heteroatoms. The summed E-state index contributed by atoms with van der Waals surface area (Å²) in [6.45, 7) is 4.21. The highest BCUT2D eigenvalue weighted by atomic mass is 35.5. The molecule has 0 fully saturated rings. The summed E-state index contributed by atoms with van der Waals surface area (Å²) in [6.07, 6.45) is 1.85. The molecule has 0 N–H and O–H groups in total. The second-order valence-electron chi connectivity index (χ2n) is 6.09. The lowest BCUT2D eigenvalue weighted by molar-refractivity contribution is -0.143. The van der Waals surface area contributed by atoms with Crippen molar-refractivity contribution in [1.82, 2.24) is 4.57 Å². The molecule has 4 nitrogen and oxygen atoms in total. The van der Waals surface area contributed by atoms with Gasteiger partial charge >= 0.3 is 5.97 Å². The Morgan fingerprint density at radius 1 is 1.26 bits per heavy atom. The maximum absolute atomic E-state index is 12.0. The summed E-state index contributed by atoms with van der Waals surface area (Å²) in [7, 11) is 0. The Bertz CT molecular complexity index is 1070. The molecule has 0 atom stereocenters. The number of fused-ring (bicyclic) bond motifs is 1. The summed E-state index contributed by atoms with van der Waals surface area (Å²) >= 11 is 6.07. The van der Waals surface area contributed by atoms with E-state index >= 15 is 0 Å². The van der Waals surface area contributed by atoms with Crippen molar-refractivity contribution < 1.29 is 9.53 Å². The van der Waals surface area contributed by atoms with E-state index in [2.05, 4.69) is 6.07 Å². The standard InChI is InChI=1S/C22H19ClN2O2/c1-3-27-22(26)14-25-15(2)20(19-9-4-5-10-21(19)25)12-17(13-24)16-7-6-8-18(23)11-16/h4-12H,3,14H2,1-2H3/b17-12+. The van der Waals surface area contributed by atoms with Gasteiger partial charge in [0.1, 0.15) is 6.54 Å². The van der Waals surface area contributed by atoms with E-state index in [0.717, 1.165) is 27.7 Å². The second-order valence-corrected chi connectivity index (χ2v) is 6.52. The predicted molar refractivity (Wildman–Crippen MR) is 108 cm³/mol. The van der Waals surface area contributed by atoms with Crippen molar-refractivity contribution in [2.45, 2.75) is 20.4 Å². The lowest BCUT2D eigenvalue weighted by Crippen LogP contribution is -2.14. The van der Waals surface area contributed by atoms with Gasteiger partial charge in [0.25, 0.3) is 0 Å². The van der Waals surface area contributed by atoms with E-state index in [1.54, 1.807) is 19.1 Å². The number of esters is 1. The Morgan fingerprint density at radius 3 is 2.74 bits per heavy atom. The Balaban J connectivity index is 2.15. The van der Waals surface area contributed by atoms with Crippen LogP contribution in [0.2, 0.25) is 5.02 Å². The molecule has 0 saturated heterocycles. The van der Waals surface area contributed by atoms with E-state index in [4.69, 9.17) is 16.3 Å². The summed E-state index contributed by atoms with van der Waals surface area (Å²) in [5, 5.41) is 11.2. The average Bonchev–Trinajstić information content (AvgIpc) is 2.91. The number of allylic oxidation sites excluding steroid dienone is 1. The highest BCUT2D eigenvalue weighted by Crippen LogP contribution is 2.30. The van der Waals surface area contributed by atoms with Gasteiger partial charge in [-0.3, -0.25) is 4.79 Å². The van der Waals surface area contributed by atoms with Crippen molar-refractivity contribution >= 4 is 40.1 Å². The molecular formula is C22H19ClN2O2. The van der Waals surface area contributed by atoms with Gasteiger partial charge in [-0.15, -0.1) is 0 Å². The summed E-state index contributed by atoms with van der Waals surface area (Å²) in [5.41, 5.74) is 4.01. The SMILES string of the molecule is CCOC(=O)Cn1c(C)c(/C=C(\C#N)c2cccc(Cl)c2)c2ccccc21. The number of ether oxygens (including phenoxy) is 1. The molecule has 2 aromatic carbocycles. The first-order valence-electron chi connectivity index (χ1n) is 8.66. The topological polar surface area (TPSA) is 55.0 Å². The molecule has 0 radical (unpaired) electrons. The first kappa shape index (κ1) is 18.8. The highest BCUT2D eigenvalue weighted by Gasteiger charge is 2.16. The fourth-order valence-corrected chi connectivity index (χ4v) is 3.35. The lowest BCUT2D eigenvalue weighted by Gasteiger charge is -2.08. The fraction of sp³-hybridized carbons (Fsp3) is 0.182. The third kappa shape index (κ3) is 3.89. The van der Waals surface area contributed by atoms with Crippen molar-refractivity contribution in [3.05, 3.63) is 70.4 Å². The number of nitrogens with zero attached hydrogens (tertiary/aromatic N) is 2. The third-order valence-electron chi connectivity index (χ3n) is 4.42. The van der Waals surface area contributed by atoms with Gasteiger partial charge in [0.2, 0.25) is 0 Å². The lowest BCUT2D eigenvalue weighted by atomic mass is 10.0. The molecule has 0 spiro atoms. The number of hydrogen-bond acceptors (Lipinski definition) is 3. The largest absolute Gasteiger partial charge is 0.465 e. The van der Waals surface area contributed by atoms with Crippen LogP contribution in [0.25, 0.3) is 22.6 Å². The van der Waals surface area contributed by atoms with Crippen molar-refractivity contribution in [2.75, 3.05) is 6.61 Å². The highest BCUT2D eigenvalue weighted by molar-refractivity contribution is 6.30. The number of carbonyl (C=O) groups is 1. The van der Waals surface area contributed by atoms with Gasteiger partial charge in [0, 0.05) is 27.2 Å². The molecule has 3 rings (SSSR count). The van der Waals surface area contributed by atoms with Crippen molar-refractivity contribution in [1.29, 1.82) is 5.26 Å². The fourth-order valence-electron chi connectivity index (χ4n) is 3.16. The summed E-state index contributed by atoms with van der Waals surface area (Å²) in [6, 6.07) is 17.3. The van der Waals surface area contributed by atoms with E-state index in [0.29, 0.717) is 17.2 Å². The number of benzene rings is 2. The van der Waals surface area contributed by atoms with Crippen molar-refractivity contribution in [3.8, 4) is 6.07 Å². The molecule has 0 unspecified atom stereocenters.